The molecule has 234 valence electrons. The molecule has 0 bridgehead atoms. The van der Waals surface area contributed by atoms with Crippen molar-refractivity contribution < 1.29 is 28.7 Å². The van der Waals surface area contributed by atoms with Crippen LogP contribution in [-0.4, -0.2) is 19.6 Å². The van der Waals surface area contributed by atoms with Gasteiger partial charge in [0.05, 0.1) is 12.3 Å². The van der Waals surface area contributed by atoms with Gasteiger partial charge >= 0.3 is 15.2 Å². The quantitative estimate of drug-likeness (QED) is 0.0831. The second kappa shape index (κ2) is 14.4. The van der Waals surface area contributed by atoms with Gasteiger partial charge in [-0.1, -0.05) is 115 Å². The van der Waals surface area contributed by atoms with E-state index >= 15 is 0 Å². The standard InChI is InChI=1S/C37H35NO6P2/c1-28-2-20-35(21-3-28)38(36-22-16-31(17-23-36)6-4-29-8-12-33(13-9-29)26-45(39,40)41)37-24-18-32(19-25-37)7-5-30-10-14-34(15-11-30)27-46(42,43)44/h2-25H,26-27H2,1H3,(H2,39,40,41)(H2,42,43,44)/b6-4+,7-5?. The first kappa shape index (κ1) is 33.1. The van der Waals surface area contributed by atoms with E-state index in [1.54, 1.807) is 24.3 Å². The van der Waals surface area contributed by atoms with Crippen molar-refractivity contribution in [2.75, 3.05) is 4.90 Å². The number of rotatable bonds is 11. The molecule has 0 atom stereocenters. The van der Waals surface area contributed by atoms with Crippen molar-refractivity contribution in [2.24, 2.45) is 0 Å². The Hall–Kier alpha value is -4.32. The summed E-state index contributed by atoms with van der Waals surface area (Å²) in [7, 11) is -8.19. The molecule has 5 aromatic carbocycles. The zero-order valence-corrected chi connectivity index (χ0v) is 27.0. The Labute approximate surface area is 269 Å². The number of nitrogens with zero attached hydrogens (tertiary/aromatic N) is 1. The predicted octanol–water partition coefficient (Wildman–Crippen LogP) is 9.16. The van der Waals surface area contributed by atoms with Gasteiger partial charge in [0.1, 0.15) is 0 Å². The topological polar surface area (TPSA) is 118 Å². The van der Waals surface area contributed by atoms with E-state index in [-0.39, 0.29) is 12.3 Å². The fraction of sp³-hybridized carbons (Fsp3) is 0.0811. The van der Waals surface area contributed by atoms with E-state index in [9.17, 15) is 28.7 Å². The Morgan fingerprint density at radius 1 is 0.457 bits per heavy atom. The summed E-state index contributed by atoms with van der Waals surface area (Å²) in [6, 6.07) is 39.2. The molecule has 46 heavy (non-hydrogen) atoms. The Kier molecular flexibility index (Phi) is 10.4. The molecule has 0 unspecified atom stereocenters. The highest BCUT2D eigenvalue weighted by Crippen LogP contribution is 2.40. The highest BCUT2D eigenvalue weighted by molar-refractivity contribution is 7.51. The zero-order valence-electron chi connectivity index (χ0n) is 25.2. The third kappa shape index (κ3) is 9.84. The van der Waals surface area contributed by atoms with Crippen LogP contribution in [-0.2, 0) is 21.5 Å². The van der Waals surface area contributed by atoms with E-state index in [1.165, 1.54) is 5.56 Å². The predicted molar refractivity (Wildman–Crippen MR) is 188 cm³/mol. The van der Waals surface area contributed by atoms with E-state index < -0.39 is 15.2 Å². The highest BCUT2D eigenvalue weighted by Gasteiger charge is 2.15. The molecule has 0 aromatic heterocycles. The first-order valence-corrected chi connectivity index (χ1v) is 18.2. The van der Waals surface area contributed by atoms with Gasteiger partial charge in [0, 0.05) is 17.1 Å². The van der Waals surface area contributed by atoms with Crippen LogP contribution < -0.4 is 4.90 Å². The Morgan fingerprint density at radius 2 is 0.717 bits per heavy atom. The third-order valence-corrected chi connectivity index (χ3v) is 8.82. The van der Waals surface area contributed by atoms with Crippen molar-refractivity contribution in [3.8, 4) is 0 Å². The summed E-state index contributed by atoms with van der Waals surface area (Å²) in [5.41, 5.74) is 9.31. The molecule has 0 saturated heterocycles. The summed E-state index contributed by atoms with van der Waals surface area (Å²) in [4.78, 5) is 39.0. The minimum atomic E-state index is -4.09. The molecule has 0 radical (unpaired) electrons. The van der Waals surface area contributed by atoms with Gasteiger partial charge in [-0.15, -0.1) is 0 Å². The average molecular weight is 652 g/mol. The van der Waals surface area contributed by atoms with Crippen LogP contribution in [0.15, 0.2) is 121 Å². The molecule has 7 nitrogen and oxygen atoms in total. The lowest BCUT2D eigenvalue weighted by atomic mass is 10.1. The second-order valence-electron chi connectivity index (χ2n) is 11.1. The van der Waals surface area contributed by atoms with E-state index in [4.69, 9.17) is 0 Å². The van der Waals surface area contributed by atoms with Crippen LogP contribution in [0.2, 0.25) is 0 Å². The molecular weight excluding hydrogens is 616 g/mol. The molecule has 0 spiro atoms. The van der Waals surface area contributed by atoms with Crippen LogP contribution in [0.1, 0.15) is 38.9 Å². The molecule has 0 aliphatic rings. The lowest BCUT2D eigenvalue weighted by Gasteiger charge is -2.26. The van der Waals surface area contributed by atoms with Gasteiger partial charge in [0.2, 0.25) is 0 Å². The maximum Gasteiger partial charge on any atom is 0.329 e. The maximum atomic E-state index is 11.3. The number of benzene rings is 5. The average Bonchev–Trinajstić information content (AvgIpc) is 3.01. The van der Waals surface area contributed by atoms with Crippen LogP contribution in [0.5, 0.6) is 0 Å². The van der Waals surface area contributed by atoms with E-state index in [0.717, 1.165) is 39.3 Å². The van der Waals surface area contributed by atoms with Crippen molar-refractivity contribution in [2.45, 2.75) is 19.2 Å². The zero-order chi connectivity index (χ0) is 32.7. The van der Waals surface area contributed by atoms with Crippen molar-refractivity contribution in [1.29, 1.82) is 0 Å². The lowest BCUT2D eigenvalue weighted by Crippen LogP contribution is -2.09. The van der Waals surface area contributed by atoms with Crippen LogP contribution in [0.3, 0.4) is 0 Å². The maximum absolute atomic E-state index is 11.3. The smallest absolute Gasteiger partial charge is 0.324 e. The Morgan fingerprint density at radius 3 is 1.00 bits per heavy atom. The van der Waals surface area contributed by atoms with E-state index in [1.807, 2.05) is 48.6 Å². The fourth-order valence-electron chi connectivity index (χ4n) is 4.94. The van der Waals surface area contributed by atoms with E-state index in [0.29, 0.717) is 11.1 Å². The lowest BCUT2D eigenvalue weighted by molar-refractivity contribution is 0.369. The SMILES string of the molecule is Cc1ccc(N(c2ccc(C=Cc3ccc(CP(=O)(O)O)cc3)cc2)c2ccc(/C=C/c3ccc(CP(=O)(O)O)cc3)cc2)cc1. The van der Waals surface area contributed by atoms with Gasteiger partial charge in [-0.3, -0.25) is 9.13 Å². The highest BCUT2D eigenvalue weighted by atomic mass is 31.2. The summed E-state index contributed by atoms with van der Waals surface area (Å²) >= 11 is 0. The number of aryl methyl sites for hydroxylation is 1. The molecule has 0 saturated carbocycles. The molecule has 0 amide bonds. The van der Waals surface area contributed by atoms with Crippen molar-refractivity contribution in [3.05, 3.63) is 160 Å². The fourth-order valence-corrected chi connectivity index (χ4v) is 6.31. The molecule has 0 aliphatic heterocycles. The summed E-state index contributed by atoms with van der Waals surface area (Å²) in [5, 5.41) is 0. The van der Waals surface area contributed by atoms with Crippen LogP contribution >= 0.6 is 15.2 Å². The molecule has 5 rings (SSSR count). The van der Waals surface area contributed by atoms with E-state index in [2.05, 4.69) is 84.6 Å². The number of hydrogen-bond donors (Lipinski definition) is 4. The van der Waals surface area contributed by atoms with Crippen LogP contribution in [0.25, 0.3) is 24.3 Å². The first-order chi connectivity index (χ1) is 21.9. The minimum absolute atomic E-state index is 0.268. The molecule has 9 heteroatoms. The molecular formula is C37H35NO6P2. The largest absolute Gasteiger partial charge is 0.329 e. The molecule has 4 N–H and O–H groups in total. The summed E-state index contributed by atoms with van der Waals surface area (Å²) in [6.45, 7) is 2.06. The van der Waals surface area contributed by atoms with Crippen LogP contribution in [0, 0.1) is 6.92 Å². The van der Waals surface area contributed by atoms with Crippen molar-refractivity contribution >= 4 is 56.6 Å². The van der Waals surface area contributed by atoms with Gasteiger partial charge < -0.3 is 24.5 Å². The third-order valence-electron chi connectivity index (χ3n) is 7.27. The minimum Gasteiger partial charge on any atom is -0.324 e. The summed E-state index contributed by atoms with van der Waals surface area (Å²) in [5.74, 6) is 0. The molecule has 0 fully saturated rings. The van der Waals surface area contributed by atoms with Gasteiger partial charge in [-0.2, -0.15) is 0 Å². The molecule has 0 heterocycles. The number of anilines is 3. The normalized spacial score (nSPS) is 12.2. The molecule has 0 aliphatic carbocycles. The van der Waals surface area contributed by atoms with Gasteiger partial charge in [-0.05, 0) is 76.7 Å². The van der Waals surface area contributed by atoms with Gasteiger partial charge in [0.25, 0.3) is 0 Å². The Bertz CT molecular complexity index is 1780. The van der Waals surface area contributed by atoms with Crippen molar-refractivity contribution in [1.82, 2.24) is 0 Å². The summed E-state index contributed by atoms with van der Waals surface area (Å²) < 4.78 is 22.5. The molecule has 5 aromatic rings. The van der Waals surface area contributed by atoms with Gasteiger partial charge in [-0.25, -0.2) is 0 Å². The Balaban J connectivity index is 1.32. The van der Waals surface area contributed by atoms with Crippen LogP contribution in [0.4, 0.5) is 17.1 Å². The summed E-state index contributed by atoms with van der Waals surface area (Å²) in [6.07, 6.45) is 7.41. The monoisotopic (exact) mass is 651 g/mol. The first-order valence-electron chi connectivity index (χ1n) is 14.6. The number of hydrogen-bond acceptors (Lipinski definition) is 3. The van der Waals surface area contributed by atoms with Crippen molar-refractivity contribution in [3.63, 3.8) is 0 Å². The van der Waals surface area contributed by atoms with Gasteiger partial charge in [0.15, 0.2) is 0 Å². The second-order valence-corrected chi connectivity index (χ2v) is 14.4.